The quantitative estimate of drug-likeness (QED) is 0.358. The lowest BCUT2D eigenvalue weighted by Crippen LogP contribution is -2.35. The molecule has 1 rings (SSSR count). The van der Waals surface area contributed by atoms with Crippen molar-refractivity contribution in [1.82, 2.24) is 0 Å². The van der Waals surface area contributed by atoms with Gasteiger partial charge in [0.25, 0.3) is 0 Å². The highest BCUT2D eigenvalue weighted by Gasteiger charge is 2.23. The Morgan fingerprint density at radius 1 is 0.909 bits per heavy atom. The van der Waals surface area contributed by atoms with Crippen molar-refractivity contribution < 1.29 is 8.85 Å². The molecule has 0 fully saturated rings. The molecule has 124 valence electrons. The highest BCUT2D eigenvalue weighted by atomic mass is 28.4. The average Bonchev–Trinajstić information content (AvgIpc) is 2.52. The van der Waals surface area contributed by atoms with Gasteiger partial charge < -0.3 is 8.85 Å². The van der Waals surface area contributed by atoms with Crippen molar-refractivity contribution in [2.45, 2.75) is 58.5 Å². The third-order valence-electron chi connectivity index (χ3n) is 3.58. The van der Waals surface area contributed by atoms with E-state index >= 15 is 0 Å². The zero-order chi connectivity index (χ0) is 16.1. The Morgan fingerprint density at radius 2 is 1.59 bits per heavy atom. The molecule has 0 N–H and O–H groups in total. The molecule has 0 aliphatic heterocycles. The maximum absolute atomic E-state index is 5.97. The fraction of sp³-hybridized carbons (Fsp3) is 0.579. The highest BCUT2D eigenvalue weighted by Crippen LogP contribution is 2.10. The smallest absolute Gasteiger partial charge is 0.331 e. The highest BCUT2D eigenvalue weighted by molar-refractivity contribution is 6.64. The van der Waals surface area contributed by atoms with Gasteiger partial charge in [-0.1, -0.05) is 81.5 Å². The number of rotatable bonds is 12. The summed E-state index contributed by atoms with van der Waals surface area (Å²) in [5.41, 5.74) is 1.21. The van der Waals surface area contributed by atoms with Gasteiger partial charge in [-0.05, 0) is 25.1 Å². The molecule has 0 aliphatic rings. The molecule has 1 aromatic carbocycles. The monoisotopic (exact) mass is 320 g/mol. The summed E-state index contributed by atoms with van der Waals surface area (Å²) < 4.78 is 11.9. The first-order valence-electron chi connectivity index (χ1n) is 8.63. The normalized spacial score (nSPS) is 12.1. The van der Waals surface area contributed by atoms with E-state index in [4.69, 9.17) is 8.85 Å². The van der Waals surface area contributed by atoms with Gasteiger partial charge in [-0.2, -0.15) is 0 Å². The van der Waals surface area contributed by atoms with Crippen molar-refractivity contribution in [3.8, 4) is 0 Å². The van der Waals surface area contributed by atoms with Crippen molar-refractivity contribution in [2.24, 2.45) is 0 Å². The molecule has 0 heterocycles. The maximum Gasteiger partial charge on any atom is 0.331 e. The summed E-state index contributed by atoms with van der Waals surface area (Å²) in [5.74, 6) is 0. The Morgan fingerprint density at radius 3 is 2.32 bits per heavy atom. The second-order valence-electron chi connectivity index (χ2n) is 6.14. The minimum Gasteiger partial charge on any atom is -0.395 e. The molecule has 0 bridgehead atoms. The van der Waals surface area contributed by atoms with Crippen LogP contribution in [0.25, 0.3) is 6.08 Å². The summed E-state index contributed by atoms with van der Waals surface area (Å²) in [7, 11) is -1.97. The summed E-state index contributed by atoms with van der Waals surface area (Å²) in [6.45, 7) is 7.97. The second-order valence-corrected chi connectivity index (χ2v) is 9.52. The molecule has 0 unspecified atom stereocenters. The molecule has 2 nitrogen and oxygen atoms in total. The Kier molecular flexibility index (Phi) is 10.1. The van der Waals surface area contributed by atoms with Gasteiger partial charge in [0.05, 0.1) is 6.61 Å². The predicted octanol–water partition coefficient (Wildman–Crippen LogP) is 5.80. The van der Waals surface area contributed by atoms with Gasteiger partial charge in [0.2, 0.25) is 0 Å². The standard InChI is InChI=1S/C19H32O2Si/c1-4-5-6-7-8-12-17-20-22(2,3)21-18-13-16-19-14-10-9-11-15-19/h9-11,13-16H,4-8,12,17-18H2,1-3H3/b16-13+. The van der Waals surface area contributed by atoms with Crippen molar-refractivity contribution >= 4 is 14.6 Å². The van der Waals surface area contributed by atoms with Crippen LogP contribution in [0.3, 0.4) is 0 Å². The van der Waals surface area contributed by atoms with Crippen LogP contribution in [0.2, 0.25) is 13.1 Å². The summed E-state index contributed by atoms with van der Waals surface area (Å²) in [4.78, 5) is 0. The predicted molar refractivity (Wildman–Crippen MR) is 98.2 cm³/mol. The van der Waals surface area contributed by atoms with E-state index in [1.54, 1.807) is 0 Å². The van der Waals surface area contributed by atoms with Crippen LogP contribution in [0.15, 0.2) is 36.4 Å². The molecule has 22 heavy (non-hydrogen) atoms. The Hall–Kier alpha value is -0.903. The minimum absolute atomic E-state index is 0.630. The van der Waals surface area contributed by atoms with Crippen molar-refractivity contribution in [2.75, 3.05) is 13.2 Å². The van der Waals surface area contributed by atoms with Crippen LogP contribution in [0.1, 0.15) is 51.0 Å². The first-order chi connectivity index (χ1) is 10.6. The lowest BCUT2D eigenvalue weighted by molar-refractivity contribution is 0.191. The number of hydrogen-bond donors (Lipinski definition) is 0. The fourth-order valence-electron chi connectivity index (χ4n) is 2.24. The molecule has 1 aromatic rings. The number of hydrogen-bond acceptors (Lipinski definition) is 2. The molecule has 0 amide bonds. The first-order valence-corrected chi connectivity index (χ1v) is 11.5. The second kappa shape index (κ2) is 11.6. The van der Waals surface area contributed by atoms with E-state index < -0.39 is 8.56 Å². The van der Waals surface area contributed by atoms with Crippen LogP contribution in [-0.4, -0.2) is 21.8 Å². The Labute approximate surface area is 137 Å². The SMILES string of the molecule is CCCCCCCCO[Si](C)(C)OC/C=C/c1ccccc1. The fourth-order valence-corrected chi connectivity index (χ4v) is 3.46. The third-order valence-corrected chi connectivity index (χ3v) is 5.35. The van der Waals surface area contributed by atoms with Crippen LogP contribution in [0.4, 0.5) is 0 Å². The van der Waals surface area contributed by atoms with Gasteiger partial charge in [-0.15, -0.1) is 0 Å². The maximum atomic E-state index is 5.97. The van der Waals surface area contributed by atoms with E-state index in [1.165, 1.54) is 37.7 Å². The van der Waals surface area contributed by atoms with Gasteiger partial charge in [-0.3, -0.25) is 0 Å². The molecule has 3 heteroatoms. The van der Waals surface area contributed by atoms with E-state index in [0.29, 0.717) is 6.61 Å². The minimum atomic E-state index is -1.97. The number of benzene rings is 1. The molecule has 0 aliphatic carbocycles. The molecular weight excluding hydrogens is 288 g/mol. The lowest BCUT2D eigenvalue weighted by Gasteiger charge is -2.22. The van der Waals surface area contributed by atoms with Crippen LogP contribution in [-0.2, 0) is 8.85 Å². The van der Waals surface area contributed by atoms with Gasteiger partial charge in [0, 0.05) is 6.61 Å². The molecule has 0 saturated carbocycles. The molecule has 0 aromatic heterocycles. The van der Waals surface area contributed by atoms with Crippen molar-refractivity contribution in [3.05, 3.63) is 42.0 Å². The van der Waals surface area contributed by atoms with Crippen LogP contribution in [0.5, 0.6) is 0 Å². The van der Waals surface area contributed by atoms with Gasteiger partial charge >= 0.3 is 8.56 Å². The van der Waals surface area contributed by atoms with Gasteiger partial charge in [0.15, 0.2) is 0 Å². The summed E-state index contributed by atoms with van der Waals surface area (Å²) in [5, 5.41) is 0. The Bertz CT molecular complexity index is 401. The molecule has 0 saturated heterocycles. The zero-order valence-electron chi connectivity index (χ0n) is 14.5. The topological polar surface area (TPSA) is 18.5 Å². The van der Waals surface area contributed by atoms with Gasteiger partial charge in [0.1, 0.15) is 0 Å². The summed E-state index contributed by atoms with van der Waals surface area (Å²) in [6.07, 6.45) is 12.0. The Balaban J connectivity index is 2.09. The van der Waals surface area contributed by atoms with E-state index in [1.807, 2.05) is 18.2 Å². The first kappa shape index (κ1) is 19.1. The average molecular weight is 321 g/mol. The van der Waals surface area contributed by atoms with E-state index in [0.717, 1.165) is 13.0 Å². The third kappa shape index (κ3) is 9.93. The van der Waals surface area contributed by atoms with E-state index in [-0.39, 0.29) is 0 Å². The van der Waals surface area contributed by atoms with E-state index in [9.17, 15) is 0 Å². The molecule has 0 radical (unpaired) electrons. The van der Waals surface area contributed by atoms with Crippen LogP contribution < -0.4 is 0 Å². The largest absolute Gasteiger partial charge is 0.395 e. The summed E-state index contributed by atoms with van der Waals surface area (Å²) in [6, 6.07) is 10.3. The van der Waals surface area contributed by atoms with Gasteiger partial charge in [-0.25, -0.2) is 0 Å². The molecular formula is C19H32O2Si. The lowest BCUT2D eigenvalue weighted by atomic mass is 10.1. The number of unbranched alkanes of at least 4 members (excludes halogenated alkanes) is 5. The van der Waals surface area contributed by atoms with Crippen molar-refractivity contribution in [1.29, 1.82) is 0 Å². The molecule has 0 atom stereocenters. The zero-order valence-corrected chi connectivity index (χ0v) is 15.5. The molecule has 0 spiro atoms. The summed E-state index contributed by atoms with van der Waals surface area (Å²) >= 11 is 0. The van der Waals surface area contributed by atoms with E-state index in [2.05, 4.69) is 44.3 Å². The van der Waals surface area contributed by atoms with Crippen LogP contribution in [0, 0.1) is 0 Å². The van der Waals surface area contributed by atoms with Crippen LogP contribution >= 0.6 is 0 Å². The van der Waals surface area contributed by atoms with Crippen molar-refractivity contribution in [3.63, 3.8) is 0 Å².